The van der Waals surface area contributed by atoms with E-state index in [1.165, 1.54) is 0 Å². The topological polar surface area (TPSA) is 81.4 Å². The van der Waals surface area contributed by atoms with Gasteiger partial charge in [-0.3, -0.25) is 4.79 Å². The lowest BCUT2D eigenvalue weighted by Gasteiger charge is -2.16. The number of carbonyl (C=O) groups is 2. The van der Waals surface area contributed by atoms with Crippen LogP contribution in [0.1, 0.15) is 47.0 Å². The summed E-state index contributed by atoms with van der Waals surface area (Å²) in [5, 5.41) is 2.66. The van der Waals surface area contributed by atoms with Crippen molar-refractivity contribution < 1.29 is 14.3 Å². The summed E-state index contributed by atoms with van der Waals surface area (Å²) in [7, 11) is 0. The van der Waals surface area contributed by atoms with Crippen molar-refractivity contribution in [3.63, 3.8) is 0 Å². The summed E-state index contributed by atoms with van der Waals surface area (Å²) in [6.45, 7) is 7.50. The lowest BCUT2D eigenvalue weighted by molar-refractivity contribution is -0.147. The van der Waals surface area contributed by atoms with E-state index in [0.29, 0.717) is 6.61 Å². The molecule has 3 atom stereocenters. The molecule has 3 N–H and O–H groups in total. The molecule has 1 amide bonds. The van der Waals surface area contributed by atoms with Crippen LogP contribution in [0, 0.1) is 5.92 Å². The van der Waals surface area contributed by atoms with Crippen molar-refractivity contribution in [3.05, 3.63) is 0 Å². The molecule has 0 aliphatic carbocycles. The maximum Gasteiger partial charge on any atom is 0.328 e. The van der Waals surface area contributed by atoms with E-state index in [0.717, 1.165) is 19.3 Å². The van der Waals surface area contributed by atoms with E-state index in [1.807, 2.05) is 13.8 Å². The number of nitrogens with two attached hydrogens (primary N) is 1. The minimum Gasteiger partial charge on any atom is -0.464 e. The second kappa shape index (κ2) is 8.91. The van der Waals surface area contributed by atoms with Crippen LogP contribution in [0.2, 0.25) is 0 Å². The van der Waals surface area contributed by atoms with Gasteiger partial charge in [-0.15, -0.1) is 0 Å². The van der Waals surface area contributed by atoms with Gasteiger partial charge in [-0.25, -0.2) is 4.79 Å². The zero-order valence-electron chi connectivity index (χ0n) is 11.9. The maximum atomic E-state index is 11.8. The smallest absolute Gasteiger partial charge is 0.328 e. The van der Waals surface area contributed by atoms with Gasteiger partial charge in [-0.2, -0.15) is 0 Å². The van der Waals surface area contributed by atoms with Crippen LogP contribution in [-0.4, -0.2) is 30.6 Å². The van der Waals surface area contributed by atoms with E-state index in [-0.39, 0.29) is 17.9 Å². The van der Waals surface area contributed by atoms with Crippen LogP contribution in [0.3, 0.4) is 0 Å². The fourth-order valence-electron chi connectivity index (χ4n) is 1.56. The number of ether oxygens (including phenoxy) is 1. The van der Waals surface area contributed by atoms with Crippen molar-refractivity contribution in [1.29, 1.82) is 0 Å². The number of hydrogen-bond acceptors (Lipinski definition) is 4. The first-order valence-corrected chi connectivity index (χ1v) is 6.61. The SMILES string of the molecule is CCOC(=O)C(C)NC(=O)C(C)CCCC(C)N. The molecule has 106 valence electrons. The molecule has 0 heterocycles. The van der Waals surface area contributed by atoms with Gasteiger partial charge < -0.3 is 15.8 Å². The van der Waals surface area contributed by atoms with E-state index in [9.17, 15) is 9.59 Å². The quantitative estimate of drug-likeness (QED) is 0.641. The predicted molar refractivity (Wildman–Crippen MR) is 70.9 cm³/mol. The molecule has 5 heteroatoms. The molecule has 18 heavy (non-hydrogen) atoms. The molecule has 0 spiro atoms. The molecule has 0 saturated heterocycles. The average Bonchev–Trinajstić information content (AvgIpc) is 2.28. The molecule has 0 aliphatic heterocycles. The molecular weight excluding hydrogens is 232 g/mol. The minimum atomic E-state index is -0.590. The Hall–Kier alpha value is -1.10. The first-order valence-electron chi connectivity index (χ1n) is 6.61. The van der Waals surface area contributed by atoms with Crippen molar-refractivity contribution >= 4 is 11.9 Å². The summed E-state index contributed by atoms with van der Waals surface area (Å²) in [6, 6.07) is -0.424. The number of nitrogens with one attached hydrogen (secondary N) is 1. The Balaban J connectivity index is 3.96. The second-order valence-electron chi connectivity index (χ2n) is 4.79. The number of carbonyl (C=O) groups excluding carboxylic acids is 2. The summed E-state index contributed by atoms with van der Waals surface area (Å²) >= 11 is 0. The van der Waals surface area contributed by atoms with Crippen LogP contribution >= 0.6 is 0 Å². The Labute approximate surface area is 109 Å². The average molecular weight is 258 g/mol. The third-order valence-corrected chi connectivity index (χ3v) is 2.74. The van der Waals surface area contributed by atoms with Crippen LogP contribution in [-0.2, 0) is 14.3 Å². The Bertz CT molecular complexity index is 267. The maximum absolute atomic E-state index is 11.8. The van der Waals surface area contributed by atoms with E-state index < -0.39 is 12.0 Å². The molecule has 0 aromatic heterocycles. The fraction of sp³-hybridized carbons (Fsp3) is 0.846. The normalized spacial score (nSPS) is 15.6. The van der Waals surface area contributed by atoms with Crippen molar-refractivity contribution in [2.24, 2.45) is 11.7 Å². The van der Waals surface area contributed by atoms with Gasteiger partial charge >= 0.3 is 5.97 Å². The Kier molecular flexibility index (Phi) is 8.37. The summed E-state index contributed by atoms with van der Waals surface area (Å²) in [4.78, 5) is 23.1. The van der Waals surface area contributed by atoms with Gasteiger partial charge in [0.05, 0.1) is 6.61 Å². The summed E-state index contributed by atoms with van der Waals surface area (Å²) in [6.07, 6.45) is 2.61. The highest BCUT2D eigenvalue weighted by molar-refractivity contribution is 5.85. The molecule has 0 radical (unpaired) electrons. The fourth-order valence-corrected chi connectivity index (χ4v) is 1.56. The van der Waals surface area contributed by atoms with Crippen molar-refractivity contribution in [1.82, 2.24) is 5.32 Å². The van der Waals surface area contributed by atoms with E-state index in [4.69, 9.17) is 10.5 Å². The van der Waals surface area contributed by atoms with Gasteiger partial charge in [-0.05, 0) is 33.6 Å². The lowest BCUT2D eigenvalue weighted by atomic mass is 10.0. The van der Waals surface area contributed by atoms with Crippen LogP contribution in [0.15, 0.2) is 0 Å². The van der Waals surface area contributed by atoms with Crippen LogP contribution < -0.4 is 11.1 Å². The molecule has 0 bridgehead atoms. The summed E-state index contributed by atoms with van der Waals surface area (Å²) in [5.74, 6) is -0.616. The van der Waals surface area contributed by atoms with E-state index >= 15 is 0 Å². The molecule has 0 aliphatic rings. The van der Waals surface area contributed by atoms with Crippen LogP contribution in [0.25, 0.3) is 0 Å². The number of hydrogen-bond donors (Lipinski definition) is 2. The number of rotatable bonds is 8. The highest BCUT2D eigenvalue weighted by atomic mass is 16.5. The monoisotopic (exact) mass is 258 g/mol. The zero-order chi connectivity index (χ0) is 14.1. The molecule has 0 aromatic rings. The molecule has 3 unspecified atom stereocenters. The van der Waals surface area contributed by atoms with Crippen molar-refractivity contribution in [2.45, 2.75) is 59.0 Å². The first kappa shape index (κ1) is 16.9. The Morgan fingerprint density at radius 3 is 2.33 bits per heavy atom. The number of esters is 1. The lowest BCUT2D eigenvalue weighted by Crippen LogP contribution is -2.42. The molecular formula is C13H26N2O3. The third-order valence-electron chi connectivity index (χ3n) is 2.74. The van der Waals surface area contributed by atoms with Gasteiger partial charge in [0.15, 0.2) is 0 Å². The summed E-state index contributed by atoms with van der Waals surface area (Å²) in [5.41, 5.74) is 5.65. The predicted octanol–water partition coefficient (Wildman–Crippen LogP) is 1.21. The number of amides is 1. The molecule has 0 rings (SSSR count). The van der Waals surface area contributed by atoms with Crippen LogP contribution in [0.5, 0.6) is 0 Å². The third kappa shape index (κ3) is 7.27. The van der Waals surface area contributed by atoms with Gasteiger partial charge in [0.25, 0.3) is 0 Å². The highest BCUT2D eigenvalue weighted by Crippen LogP contribution is 2.09. The molecule has 5 nitrogen and oxygen atoms in total. The highest BCUT2D eigenvalue weighted by Gasteiger charge is 2.20. The zero-order valence-corrected chi connectivity index (χ0v) is 11.9. The largest absolute Gasteiger partial charge is 0.464 e. The first-order chi connectivity index (χ1) is 8.38. The molecule has 0 aromatic carbocycles. The summed E-state index contributed by atoms with van der Waals surface area (Å²) < 4.78 is 4.83. The van der Waals surface area contributed by atoms with Gasteiger partial charge in [-0.1, -0.05) is 13.3 Å². The van der Waals surface area contributed by atoms with Gasteiger partial charge in [0.1, 0.15) is 6.04 Å². The van der Waals surface area contributed by atoms with Gasteiger partial charge in [0.2, 0.25) is 5.91 Å². The van der Waals surface area contributed by atoms with Crippen molar-refractivity contribution in [3.8, 4) is 0 Å². The van der Waals surface area contributed by atoms with Crippen molar-refractivity contribution in [2.75, 3.05) is 6.61 Å². The Morgan fingerprint density at radius 2 is 1.83 bits per heavy atom. The van der Waals surface area contributed by atoms with Crippen LogP contribution in [0.4, 0.5) is 0 Å². The minimum absolute atomic E-state index is 0.111. The van der Waals surface area contributed by atoms with Gasteiger partial charge in [0, 0.05) is 12.0 Å². The standard InChI is InChI=1S/C13H26N2O3/c1-5-18-13(17)11(4)15-12(16)9(2)7-6-8-10(3)14/h9-11H,5-8,14H2,1-4H3,(H,15,16). The second-order valence-corrected chi connectivity index (χ2v) is 4.79. The molecule has 0 fully saturated rings. The molecule has 0 saturated carbocycles. The van der Waals surface area contributed by atoms with E-state index in [1.54, 1.807) is 13.8 Å². The van der Waals surface area contributed by atoms with E-state index in [2.05, 4.69) is 5.32 Å². The Morgan fingerprint density at radius 1 is 1.22 bits per heavy atom.